The van der Waals surface area contributed by atoms with Crippen molar-refractivity contribution >= 4 is 5.97 Å². The SMILES string of the molecule is CC1CC=C(COC(=O)C(N)CC2C=CC=CC2)O1. The fraction of sp³-hybridized carbons (Fsp3) is 0.533. The van der Waals surface area contributed by atoms with E-state index in [9.17, 15) is 4.79 Å². The van der Waals surface area contributed by atoms with E-state index < -0.39 is 6.04 Å². The van der Waals surface area contributed by atoms with Crippen LogP contribution in [0.25, 0.3) is 0 Å². The molecule has 0 amide bonds. The van der Waals surface area contributed by atoms with Crippen molar-refractivity contribution in [2.24, 2.45) is 11.7 Å². The van der Waals surface area contributed by atoms with Crippen molar-refractivity contribution in [1.82, 2.24) is 0 Å². The Morgan fingerprint density at radius 2 is 2.37 bits per heavy atom. The third kappa shape index (κ3) is 4.24. The summed E-state index contributed by atoms with van der Waals surface area (Å²) in [6.45, 7) is 2.18. The van der Waals surface area contributed by atoms with E-state index in [2.05, 4.69) is 12.2 Å². The zero-order valence-electron chi connectivity index (χ0n) is 11.2. The summed E-state index contributed by atoms with van der Waals surface area (Å²) in [5, 5.41) is 0. The molecule has 2 aliphatic rings. The number of carbonyl (C=O) groups excluding carboxylic acids is 1. The van der Waals surface area contributed by atoms with Crippen molar-refractivity contribution in [1.29, 1.82) is 0 Å². The van der Waals surface area contributed by atoms with Gasteiger partial charge in [-0.25, -0.2) is 0 Å². The maximum absolute atomic E-state index is 11.8. The Labute approximate surface area is 113 Å². The molecule has 0 aromatic carbocycles. The number of hydrogen-bond donors (Lipinski definition) is 1. The van der Waals surface area contributed by atoms with E-state index in [0.29, 0.717) is 12.3 Å². The van der Waals surface area contributed by atoms with E-state index in [4.69, 9.17) is 15.2 Å². The number of ether oxygens (including phenoxy) is 2. The second kappa shape index (κ2) is 6.57. The van der Waals surface area contributed by atoms with Crippen molar-refractivity contribution in [3.63, 3.8) is 0 Å². The Bertz CT molecular complexity index is 412. The minimum absolute atomic E-state index is 0.182. The first-order valence-electron chi connectivity index (χ1n) is 6.76. The predicted molar refractivity (Wildman–Crippen MR) is 73.2 cm³/mol. The molecular formula is C15H21NO3. The molecular weight excluding hydrogens is 242 g/mol. The van der Waals surface area contributed by atoms with Gasteiger partial charge in [-0.1, -0.05) is 24.3 Å². The van der Waals surface area contributed by atoms with Gasteiger partial charge in [0.15, 0.2) is 0 Å². The molecule has 0 spiro atoms. The van der Waals surface area contributed by atoms with Crippen LogP contribution in [0, 0.1) is 5.92 Å². The van der Waals surface area contributed by atoms with Crippen LogP contribution >= 0.6 is 0 Å². The molecule has 0 radical (unpaired) electrons. The van der Waals surface area contributed by atoms with Gasteiger partial charge in [-0.3, -0.25) is 4.79 Å². The maximum atomic E-state index is 11.8. The lowest BCUT2D eigenvalue weighted by molar-refractivity contribution is -0.145. The maximum Gasteiger partial charge on any atom is 0.323 e. The van der Waals surface area contributed by atoms with Gasteiger partial charge >= 0.3 is 5.97 Å². The molecule has 3 atom stereocenters. The van der Waals surface area contributed by atoms with E-state index in [1.54, 1.807) is 0 Å². The van der Waals surface area contributed by atoms with E-state index in [0.717, 1.165) is 18.6 Å². The highest BCUT2D eigenvalue weighted by Crippen LogP contribution is 2.19. The summed E-state index contributed by atoms with van der Waals surface area (Å²) < 4.78 is 10.6. The van der Waals surface area contributed by atoms with Gasteiger partial charge in [-0.05, 0) is 31.8 Å². The Balaban J connectivity index is 1.70. The minimum atomic E-state index is -0.569. The van der Waals surface area contributed by atoms with Crippen LogP contribution in [0.4, 0.5) is 0 Å². The Morgan fingerprint density at radius 1 is 1.53 bits per heavy atom. The van der Waals surface area contributed by atoms with E-state index in [1.807, 2.05) is 25.2 Å². The molecule has 2 N–H and O–H groups in total. The highest BCUT2D eigenvalue weighted by molar-refractivity contribution is 5.75. The molecule has 4 heteroatoms. The van der Waals surface area contributed by atoms with Gasteiger partial charge in [0.2, 0.25) is 0 Å². The summed E-state index contributed by atoms with van der Waals surface area (Å²) in [4.78, 5) is 11.8. The first-order chi connectivity index (χ1) is 9.15. The van der Waals surface area contributed by atoms with Crippen molar-refractivity contribution < 1.29 is 14.3 Å². The number of rotatable bonds is 5. The molecule has 19 heavy (non-hydrogen) atoms. The van der Waals surface area contributed by atoms with Crippen LogP contribution in [0.1, 0.15) is 26.2 Å². The quantitative estimate of drug-likeness (QED) is 0.771. The van der Waals surface area contributed by atoms with Crippen LogP contribution in [0.2, 0.25) is 0 Å². The first kappa shape index (κ1) is 13.9. The third-order valence-corrected chi connectivity index (χ3v) is 3.32. The molecule has 0 aromatic rings. The van der Waals surface area contributed by atoms with Gasteiger partial charge in [0.05, 0.1) is 6.10 Å². The first-order valence-corrected chi connectivity index (χ1v) is 6.76. The molecule has 3 unspecified atom stereocenters. The Hall–Kier alpha value is -1.55. The second-order valence-electron chi connectivity index (χ2n) is 5.09. The Kier molecular flexibility index (Phi) is 4.80. The van der Waals surface area contributed by atoms with Crippen LogP contribution in [0.5, 0.6) is 0 Å². The van der Waals surface area contributed by atoms with Crippen LogP contribution < -0.4 is 5.73 Å². The highest BCUT2D eigenvalue weighted by atomic mass is 16.6. The predicted octanol–water partition coefficient (Wildman–Crippen LogP) is 2.07. The molecule has 0 saturated heterocycles. The lowest BCUT2D eigenvalue weighted by atomic mass is 9.94. The average Bonchev–Trinajstić information content (AvgIpc) is 2.83. The van der Waals surface area contributed by atoms with Crippen LogP contribution in [0.15, 0.2) is 36.1 Å². The lowest BCUT2D eigenvalue weighted by Crippen LogP contribution is -2.34. The van der Waals surface area contributed by atoms with Gasteiger partial charge in [-0.15, -0.1) is 0 Å². The number of allylic oxidation sites excluding steroid dienone is 4. The van der Waals surface area contributed by atoms with Gasteiger partial charge in [0.1, 0.15) is 18.4 Å². The molecule has 0 fully saturated rings. The summed E-state index contributed by atoms with van der Waals surface area (Å²) in [6, 6.07) is -0.569. The van der Waals surface area contributed by atoms with Crippen LogP contribution in [-0.4, -0.2) is 24.7 Å². The summed E-state index contributed by atoms with van der Waals surface area (Å²) in [5.41, 5.74) is 5.87. The van der Waals surface area contributed by atoms with Gasteiger partial charge in [0.25, 0.3) is 0 Å². The number of carbonyl (C=O) groups is 1. The van der Waals surface area contributed by atoms with Crippen molar-refractivity contribution in [3.05, 3.63) is 36.1 Å². The van der Waals surface area contributed by atoms with Crippen LogP contribution in [-0.2, 0) is 14.3 Å². The smallest absolute Gasteiger partial charge is 0.323 e. The highest BCUT2D eigenvalue weighted by Gasteiger charge is 2.21. The number of nitrogens with two attached hydrogens (primary N) is 1. The minimum Gasteiger partial charge on any atom is -0.491 e. The standard InChI is InChI=1S/C15H21NO3/c1-11-7-8-13(19-11)10-18-15(17)14(16)9-12-5-3-2-4-6-12/h2-5,8,11-12,14H,6-7,9-10,16H2,1H3. The molecule has 2 rings (SSSR count). The zero-order valence-corrected chi connectivity index (χ0v) is 11.2. The fourth-order valence-electron chi connectivity index (χ4n) is 2.22. The molecule has 104 valence electrons. The zero-order chi connectivity index (χ0) is 13.7. The number of esters is 1. The summed E-state index contributed by atoms with van der Waals surface area (Å²) in [7, 11) is 0. The van der Waals surface area contributed by atoms with Gasteiger partial charge in [0, 0.05) is 6.42 Å². The van der Waals surface area contributed by atoms with Gasteiger partial charge in [-0.2, -0.15) is 0 Å². The average molecular weight is 263 g/mol. The molecule has 1 aliphatic heterocycles. The second-order valence-corrected chi connectivity index (χ2v) is 5.09. The molecule has 1 heterocycles. The van der Waals surface area contributed by atoms with E-state index in [1.165, 1.54) is 0 Å². The molecule has 4 nitrogen and oxygen atoms in total. The summed E-state index contributed by atoms with van der Waals surface area (Å²) >= 11 is 0. The molecule has 0 saturated carbocycles. The largest absolute Gasteiger partial charge is 0.491 e. The lowest BCUT2D eigenvalue weighted by Gasteiger charge is -2.17. The Morgan fingerprint density at radius 3 is 3.00 bits per heavy atom. The van der Waals surface area contributed by atoms with Crippen molar-refractivity contribution in [2.45, 2.75) is 38.3 Å². The van der Waals surface area contributed by atoms with Gasteiger partial charge < -0.3 is 15.2 Å². The monoisotopic (exact) mass is 263 g/mol. The summed E-state index contributed by atoms with van der Waals surface area (Å²) in [6.07, 6.45) is 12.7. The third-order valence-electron chi connectivity index (χ3n) is 3.32. The normalized spacial score (nSPS) is 26.7. The summed E-state index contributed by atoms with van der Waals surface area (Å²) in [5.74, 6) is 0.704. The van der Waals surface area contributed by atoms with Crippen molar-refractivity contribution in [3.8, 4) is 0 Å². The van der Waals surface area contributed by atoms with Crippen LogP contribution in [0.3, 0.4) is 0 Å². The van der Waals surface area contributed by atoms with Crippen molar-refractivity contribution in [2.75, 3.05) is 6.61 Å². The number of hydrogen-bond acceptors (Lipinski definition) is 4. The molecule has 1 aliphatic carbocycles. The fourth-order valence-corrected chi connectivity index (χ4v) is 2.22. The topological polar surface area (TPSA) is 61.5 Å². The van der Waals surface area contributed by atoms with E-state index >= 15 is 0 Å². The van der Waals surface area contributed by atoms with E-state index in [-0.39, 0.29) is 18.7 Å². The molecule has 0 aromatic heterocycles. The molecule has 0 bridgehead atoms.